The lowest BCUT2D eigenvalue weighted by molar-refractivity contribution is 0.0697. The molecule has 0 radical (unpaired) electrons. The van der Waals surface area contributed by atoms with Gasteiger partial charge >= 0.3 is 5.97 Å². The predicted octanol–water partition coefficient (Wildman–Crippen LogP) is 1.71. The van der Waals surface area contributed by atoms with Crippen LogP contribution in [0.25, 0.3) is 0 Å². The molecule has 4 nitrogen and oxygen atoms in total. The van der Waals surface area contributed by atoms with Crippen LogP contribution in [0.1, 0.15) is 35.2 Å². The molecule has 2 saturated heterocycles. The lowest BCUT2D eigenvalue weighted by Crippen LogP contribution is -2.38. The van der Waals surface area contributed by atoms with Crippen molar-refractivity contribution < 1.29 is 9.90 Å². The molecule has 4 heteroatoms. The average Bonchev–Trinajstić information content (AvgIpc) is 3.00. The Hall–Kier alpha value is -1.39. The number of carbonyl (C=O) groups is 1. The summed E-state index contributed by atoms with van der Waals surface area (Å²) in [5, 5.41) is 12.5. The van der Waals surface area contributed by atoms with E-state index in [1.165, 1.54) is 32.4 Å². The van der Waals surface area contributed by atoms with Gasteiger partial charge in [-0.3, -0.25) is 4.90 Å². The third-order valence-electron chi connectivity index (χ3n) is 4.38. The second kappa shape index (κ2) is 5.31. The topological polar surface area (TPSA) is 52.6 Å². The van der Waals surface area contributed by atoms with E-state index >= 15 is 0 Å². The van der Waals surface area contributed by atoms with E-state index in [1.54, 1.807) is 12.1 Å². The molecule has 2 aliphatic heterocycles. The Kier molecular flexibility index (Phi) is 3.53. The van der Waals surface area contributed by atoms with Crippen molar-refractivity contribution in [1.29, 1.82) is 0 Å². The van der Waals surface area contributed by atoms with E-state index in [9.17, 15) is 4.79 Å². The number of benzene rings is 1. The fourth-order valence-corrected chi connectivity index (χ4v) is 3.33. The van der Waals surface area contributed by atoms with E-state index < -0.39 is 5.97 Å². The zero-order chi connectivity index (χ0) is 13.2. The maximum Gasteiger partial charge on any atom is 0.335 e. The largest absolute Gasteiger partial charge is 0.478 e. The van der Waals surface area contributed by atoms with Crippen LogP contribution in [0.5, 0.6) is 0 Å². The van der Waals surface area contributed by atoms with Gasteiger partial charge < -0.3 is 10.4 Å². The quantitative estimate of drug-likeness (QED) is 0.865. The summed E-state index contributed by atoms with van der Waals surface area (Å²) in [6, 6.07) is 8.47. The Labute approximate surface area is 113 Å². The highest BCUT2D eigenvalue weighted by Gasteiger charge is 2.36. The number of hydrogen-bond donors (Lipinski definition) is 2. The van der Waals surface area contributed by atoms with Crippen molar-refractivity contribution in [2.24, 2.45) is 0 Å². The second-order valence-corrected chi connectivity index (χ2v) is 5.52. The van der Waals surface area contributed by atoms with Gasteiger partial charge in [0.2, 0.25) is 0 Å². The molecule has 0 saturated carbocycles. The maximum absolute atomic E-state index is 10.8. The van der Waals surface area contributed by atoms with Crippen molar-refractivity contribution in [2.75, 3.05) is 13.1 Å². The van der Waals surface area contributed by atoms with Crippen molar-refractivity contribution in [3.8, 4) is 0 Å². The fraction of sp³-hybridized carbons (Fsp3) is 0.533. The molecule has 0 amide bonds. The van der Waals surface area contributed by atoms with Crippen LogP contribution in [0.15, 0.2) is 24.3 Å². The molecule has 0 bridgehead atoms. The molecule has 2 unspecified atom stereocenters. The summed E-state index contributed by atoms with van der Waals surface area (Å²) in [6.07, 6.45) is 3.88. The van der Waals surface area contributed by atoms with Crippen molar-refractivity contribution in [2.45, 2.75) is 37.9 Å². The van der Waals surface area contributed by atoms with Crippen molar-refractivity contribution >= 4 is 5.97 Å². The molecule has 0 aromatic heterocycles. The highest BCUT2D eigenvalue weighted by Crippen LogP contribution is 2.28. The first-order chi connectivity index (χ1) is 9.24. The van der Waals surface area contributed by atoms with E-state index in [-0.39, 0.29) is 0 Å². The molecule has 1 aromatic carbocycles. The van der Waals surface area contributed by atoms with Gasteiger partial charge in [0, 0.05) is 25.2 Å². The molecular formula is C15H20N2O2. The first-order valence-electron chi connectivity index (χ1n) is 7.04. The summed E-state index contributed by atoms with van der Waals surface area (Å²) in [5.74, 6) is -0.864. The van der Waals surface area contributed by atoms with Crippen LogP contribution in [-0.2, 0) is 6.54 Å². The van der Waals surface area contributed by atoms with Crippen LogP contribution in [0.4, 0.5) is 0 Å². The summed E-state index contributed by atoms with van der Waals surface area (Å²) >= 11 is 0. The van der Waals surface area contributed by atoms with Gasteiger partial charge in [0.1, 0.15) is 0 Å². The normalized spacial score (nSPS) is 26.5. The second-order valence-electron chi connectivity index (χ2n) is 5.52. The fourth-order valence-electron chi connectivity index (χ4n) is 3.33. The van der Waals surface area contributed by atoms with Crippen LogP contribution in [0, 0.1) is 0 Å². The Bertz CT molecular complexity index is 458. The molecule has 2 atom stereocenters. The Morgan fingerprint density at radius 2 is 2.05 bits per heavy atom. The molecule has 3 rings (SSSR count). The molecular weight excluding hydrogens is 240 g/mol. The van der Waals surface area contributed by atoms with E-state index in [0.717, 1.165) is 18.2 Å². The summed E-state index contributed by atoms with van der Waals surface area (Å²) in [6.45, 7) is 3.31. The number of hydrogen-bond acceptors (Lipinski definition) is 3. The number of aromatic carboxylic acids is 1. The van der Waals surface area contributed by atoms with Gasteiger partial charge in [0.25, 0.3) is 0 Å². The van der Waals surface area contributed by atoms with Gasteiger partial charge in [-0.25, -0.2) is 4.79 Å². The molecule has 102 valence electrons. The highest BCUT2D eigenvalue weighted by molar-refractivity contribution is 5.87. The molecule has 2 N–H and O–H groups in total. The van der Waals surface area contributed by atoms with E-state index in [2.05, 4.69) is 10.2 Å². The smallest absolute Gasteiger partial charge is 0.335 e. The molecule has 2 fully saturated rings. The third kappa shape index (κ3) is 2.65. The zero-order valence-corrected chi connectivity index (χ0v) is 11.0. The first-order valence-corrected chi connectivity index (χ1v) is 7.04. The van der Waals surface area contributed by atoms with Gasteiger partial charge in [-0.05, 0) is 43.5 Å². The minimum atomic E-state index is -0.864. The minimum Gasteiger partial charge on any atom is -0.478 e. The lowest BCUT2D eigenvalue weighted by Gasteiger charge is -2.21. The highest BCUT2D eigenvalue weighted by atomic mass is 16.4. The molecule has 0 spiro atoms. The predicted molar refractivity (Wildman–Crippen MR) is 73.2 cm³/mol. The Balaban J connectivity index is 1.56. The van der Waals surface area contributed by atoms with Gasteiger partial charge in [-0.1, -0.05) is 12.1 Å². The van der Waals surface area contributed by atoms with Gasteiger partial charge in [-0.15, -0.1) is 0 Å². The monoisotopic (exact) mass is 260 g/mol. The summed E-state index contributed by atoms with van der Waals surface area (Å²) in [5.41, 5.74) is 1.51. The SMILES string of the molecule is O=C(O)c1ccc(CNC2CCN3CCCC23)cc1. The summed E-state index contributed by atoms with van der Waals surface area (Å²) in [7, 11) is 0. The maximum atomic E-state index is 10.8. The zero-order valence-electron chi connectivity index (χ0n) is 11.0. The Morgan fingerprint density at radius 3 is 2.79 bits per heavy atom. The summed E-state index contributed by atoms with van der Waals surface area (Å²) in [4.78, 5) is 13.4. The van der Waals surface area contributed by atoms with Crippen LogP contribution < -0.4 is 5.32 Å². The van der Waals surface area contributed by atoms with Gasteiger partial charge in [-0.2, -0.15) is 0 Å². The molecule has 2 aliphatic rings. The van der Waals surface area contributed by atoms with Crippen molar-refractivity contribution in [3.63, 3.8) is 0 Å². The number of carboxylic acids is 1. The number of nitrogens with one attached hydrogen (secondary N) is 1. The van der Waals surface area contributed by atoms with E-state index in [4.69, 9.17) is 5.11 Å². The van der Waals surface area contributed by atoms with Crippen LogP contribution in [-0.4, -0.2) is 41.1 Å². The lowest BCUT2D eigenvalue weighted by atomic mass is 10.1. The van der Waals surface area contributed by atoms with Crippen LogP contribution >= 0.6 is 0 Å². The van der Waals surface area contributed by atoms with E-state index in [1.807, 2.05) is 12.1 Å². The molecule has 2 heterocycles. The minimum absolute atomic E-state index is 0.353. The molecule has 1 aromatic rings. The van der Waals surface area contributed by atoms with Crippen LogP contribution in [0.2, 0.25) is 0 Å². The standard InChI is InChI=1S/C15H20N2O2/c18-15(19)12-5-3-11(4-6-12)10-16-13-7-9-17-8-1-2-14(13)17/h3-6,13-14,16H,1-2,7-10H2,(H,18,19). The van der Waals surface area contributed by atoms with Crippen molar-refractivity contribution in [3.05, 3.63) is 35.4 Å². The number of nitrogens with zero attached hydrogens (tertiary/aromatic N) is 1. The molecule has 19 heavy (non-hydrogen) atoms. The number of rotatable bonds is 4. The first kappa shape index (κ1) is 12.6. The number of carboxylic acid groups (broad SMARTS) is 1. The summed E-state index contributed by atoms with van der Waals surface area (Å²) < 4.78 is 0. The van der Waals surface area contributed by atoms with Crippen LogP contribution in [0.3, 0.4) is 0 Å². The van der Waals surface area contributed by atoms with E-state index in [0.29, 0.717) is 11.6 Å². The average molecular weight is 260 g/mol. The van der Waals surface area contributed by atoms with Gasteiger partial charge in [0.05, 0.1) is 5.56 Å². The molecule has 0 aliphatic carbocycles. The van der Waals surface area contributed by atoms with Gasteiger partial charge in [0.15, 0.2) is 0 Å². The van der Waals surface area contributed by atoms with Crippen molar-refractivity contribution in [1.82, 2.24) is 10.2 Å². The number of fused-ring (bicyclic) bond motifs is 1. The third-order valence-corrected chi connectivity index (χ3v) is 4.38. The Morgan fingerprint density at radius 1 is 1.26 bits per heavy atom.